The highest BCUT2D eigenvalue weighted by atomic mass is 32.2. The van der Waals surface area contributed by atoms with Crippen LogP contribution >= 0.6 is 11.8 Å². The molecule has 0 saturated carbocycles. The van der Waals surface area contributed by atoms with E-state index in [0.717, 1.165) is 11.1 Å². The van der Waals surface area contributed by atoms with Crippen molar-refractivity contribution in [2.24, 2.45) is 0 Å². The third kappa shape index (κ3) is 4.86. The normalized spacial score (nSPS) is 10.9. The highest BCUT2D eigenvalue weighted by molar-refractivity contribution is 7.98. The van der Waals surface area contributed by atoms with Crippen molar-refractivity contribution in [3.05, 3.63) is 66.0 Å². The first-order valence-corrected chi connectivity index (χ1v) is 11.1. The third-order valence-electron chi connectivity index (χ3n) is 4.70. The molecule has 158 valence electrons. The zero-order valence-corrected chi connectivity index (χ0v) is 18.1. The largest absolute Gasteiger partial charge is 0.467 e. The minimum absolute atomic E-state index is 0.169. The van der Waals surface area contributed by atoms with Crippen molar-refractivity contribution in [2.45, 2.75) is 24.8 Å². The van der Waals surface area contributed by atoms with Crippen molar-refractivity contribution < 1.29 is 14.1 Å². The van der Waals surface area contributed by atoms with Crippen molar-refractivity contribution in [1.29, 1.82) is 0 Å². The Morgan fingerprint density at radius 3 is 2.58 bits per heavy atom. The molecule has 2 aromatic heterocycles. The molecule has 0 aliphatic rings. The molecule has 0 spiro atoms. The summed E-state index contributed by atoms with van der Waals surface area (Å²) in [7, 11) is 0. The van der Waals surface area contributed by atoms with Crippen LogP contribution in [0.5, 0.6) is 5.88 Å². The van der Waals surface area contributed by atoms with Gasteiger partial charge in [-0.2, -0.15) is 9.97 Å². The average Bonchev–Trinajstić information content (AvgIpc) is 3.26. The van der Waals surface area contributed by atoms with Crippen LogP contribution in [0.2, 0.25) is 0 Å². The van der Waals surface area contributed by atoms with Gasteiger partial charge in [-0.15, -0.1) is 11.8 Å². The fourth-order valence-corrected chi connectivity index (χ4v) is 3.46. The maximum absolute atomic E-state index is 12.4. The third-order valence-corrected chi connectivity index (χ3v) is 5.44. The first-order valence-electron chi connectivity index (χ1n) is 9.92. The molecule has 2 heterocycles. The van der Waals surface area contributed by atoms with Gasteiger partial charge in [0.1, 0.15) is 16.9 Å². The molecule has 0 unspecified atom stereocenters. The highest BCUT2D eigenvalue weighted by Crippen LogP contribution is 2.33. The number of carbonyl (C=O) groups excluding carboxylic acids is 1. The zero-order chi connectivity index (χ0) is 21.6. The molecule has 0 radical (unpaired) electrons. The number of hydrogen-bond acceptors (Lipinski definition) is 7. The molecule has 0 aliphatic heterocycles. The quantitative estimate of drug-likeness (QED) is 0.414. The Labute approximate surface area is 184 Å². The number of ether oxygens (including phenoxy) is 1. The second-order valence-corrected chi connectivity index (χ2v) is 7.67. The molecule has 0 aliphatic carbocycles. The van der Waals surface area contributed by atoms with E-state index in [-0.39, 0.29) is 12.5 Å². The number of nitrogens with one attached hydrogen (secondary N) is 1. The highest BCUT2D eigenvalue weighted by Gasteiger charge is 2.20. The molecule has 7 nitrogen and oxygen atoms in total. The van der Waals surface area contributed by atoms with Gasteiger partial charge in [-0.25, -0.2) is 0 Å². The number of aromatic nitrogens is 3. The van der Waals surface area contributed by atoms with Crippen LogP contribution in [0.25, 0.3) is 22.4 Å². The van der Waals surface area contributed by atoms with Crippen molar-refractivity contribution in [3.8, 4) is 17.1 Å². The summed E-state index contributed by atoms with van der Waals surface area (Å²) in [4.78, 5) is 22.4. The van der Waals surface area contributed by atoms with Crippen molar-refractivity contribution in [3.63, 3.8) is 0 Å². The van der Waals surface area contributed by atoms with Gasteiger partial charge in [0, 0.05) is 23.4 Å². The fraction of sp³-hybridized carbons (Fsp3) is 0.217. The van der Waals surface area contributed by atoms with E-state index in [1.807, 2.05) is 67.8 Å². The Balaban J connectivity index is 1.50. The molecule has 31 heavy (non-hydrogen) atoms. The van der Waals surface area contributed by atoms with Gasteiger partial charge in [0.2, 0.25) is 5.88 Å². The van der Waals surface area contributed by atoms with Crippen LogP contribution in [-0.4, -0.2) is 33.9 Å². The minimum Gasteiger partial charge on any atom is -0.467 e. The summed E-state index contributed by atoms with van der Waals surface area (Å²) in [6, 6.07) is 17.7. The molecule has 8 heteroatoms. The van der Waals surface area contributed by atoms with Crippen molar-refractivity contribution >= 4 is 28.8 Å². The second kappa shape index (κ2) is 9.61. The number of carbonyl (C=O) groups is 1. The van der Waals surface area contributed by atoms with E-state index in [9.17, 15) is 4.79 Å². The lowest BCUT2D eigenvalue weighted by Crippen LogP contribution is -2.28. The standard InChI is InChI=1S/C23H22N4O3S/c1-3-18-25-22(20-21(27-30-23(20)26-18)16-7-5-4-6-8-16)29-14-19(28)24-13-15-9-11-17(31-2)12-10-15/h4-12H,3,13-14H2,1-2H3,(H,24,28). The van der Waals surface area contributed by atoms with Gasteiger partial charge in [0.05, 0.1) is 0 Å². The van der Waals surface area contributed by atoms with Gasteiger partial charge in [0.25, 0.3) is 11.6 Å². The lowest BCUT2D eigenvalue weighted by molar-refractivity contribution is -0.123. The van der Waals surface area contributed by atoms with Gasteiger partial charge < -0.3 is 14.6 Å². The number of fused-ring (bicyclic) bond motifs is 1. The first-order chi connectivity index (χ1) is 15.2. The van der Waals surface area contributed by atoms with E-state index in [4.69, 9.17) is 9.26 Å². The fourth-order valence-electron chi connectivity index (χ4n) is 3.05. The van der Waals surface area contributed by atoms with Crippen LogP contribution in [-0.2, 0) is 17.8 Å². The van der Waals surface area contributed by atoms with E-state index in [1.54, 1.807) is 11.8 Å². The molecular formula is C23H22N4O3S. The molecule has 4 rings (SSSR count). The summed E-state index contributed by atoms with van der Waals surface area (Å²) >= 11 is 1.68. The number of thioether (sulfide) groups is 1. The minimum atomic E-state index is -0.239. The predicted molar refractivity (Wildman–Crippen MR) is 120 cm³/mol. The smallest absolute Gasteiger partial charge is 0.265 e. The molecule has 0 bridgehead atoms. The number of aryl methyl sites for hydroxylation is 1. The summed E-state index contributed by atoms with van der Waals surface area (Å²) < 4.78 is 11.2. The SMILES string of the molecule is CCc1nc(OCC(=O)NCc2ccc(SC)cc2)c2c(-c3ccccc3)noc2n1. The van der Waals surface area contributed by atoms with Gasteiger partial charge in [-0.05, 0) is 24.0 Å². The molecule has 4 aromatic rings. The number of rotatable bonds is 8. The Kier molecular flexibility index (Phi) is 6.47. The van der Waals surface area contributed by atoms with E-state index < -0.39 is 0 Å². The Bertz CT molecular complexity index is 1180. The van der Waals surface area contributed by atoms with Crippen molar-refractivity contribution in [1.82, 2.24) is 20.4 Å². The van der Waals surface area contributed by atoms with Gasteiger partial charge in [-0.1, -0.05) is 54.5 Å². The number of amides is 1. The lowest BCUT2D eigenvalue weighted by Gasteiger charge is -2.09. The van der Waals surface area contributed by atoms with Gasteiger partial charge in [-0.3, -0.25) is 4.79 Å². The van der Waals surface area contributed by atoms with E-state index in [2.05, 4.69) is 20.4 Å². The molecule has 0 fully saturated rings. The summed E-state index contributed by atoms with van der Waals surface area (Å²) in [5.41, 5.74) is 2.81. The van der Waals surface area contributed by atoms with Gasteiger partial charge in [0.15, 0.2) is 6.61 Å². The summed E-state index contributed by atoms with van der Waals surface area (Å²) in [6.45, 7) is 2.20. The monoisotopic (exact) mass is 434 g/mol. The molecule has 0 atom stereocenters. The molecule has 1 N–H and O–H groups in total. The van der Waals surface area contributed by atoms with Crippen LogP contribution in [0.3, 0.4) is 0 Å². The Hall–Kier alpha value is -3.39. The molecule has 2 aromatic carbocycles. The van der Waals surface area contributed by atoms with Gasteiger partial charge >= 0.3 is 0 Å². The topological polar surface area (TPSA) is 90.1 Å². The van der Waals surface area contributed by atoms with Crippen LogP contribution < -0.4 is 10.1 Å². The van der Waals surface area contributed by atoms with E-state index >= 15 is 0 Å². The molecular weight excluding hydrogens is 412 g/mol. The summed E-state index contributed by atoms with van der Waals surface area (Å²) in [5, 5.41) is 7.59. The summed E-state index contributed by atoms with van der Waals surface area (Å²) in [5.74, 6) is 0.616. The van der Waals surface area contributed by atoms with Crippen LogP contribution in [0, 0.1) is 0 Å². The predicted octanol–water partition coefficient (Wildman–Crippen LogP) is 4.26. The molecule has 0 saturated heterocycles. The lowest BCUT2D eigenvalue weighted by atomic mass is 10.1. The molecule has 1 amide bonds. The average molecular weight is 435 g/mol. The van der Waals surface area contributed by atoms with Crippen LogP contribution in [0.1, 0.15) is 18.3 Å². The number of nitrogens with zero attached hydrogens (tertiary/aromatic N) is 3. The van der Waals surface area contributed by atoms with Crippen LogP contribution in [0.4, 0.5) is 0 Å². The maximum atomic E-state index is 12.4. The maximum Gasteiger partial charge on any atom is 0.265 e. The van der Waals surface area contributed by atoms with E-state index in [0.29, 0.717) is 41.5 Å². The van der Waals surface area contributed by atoms with Crippen LogP contribution in [0.15, 0.2) is 64.0 Å². The van der Waals surface area contributed by atoms with Crippen molar-refractivity contribution in [2.75, 3.05) is 12.9 Å². The Morgan fingerprint density at radius 2 is 1.87 bits per heavy atom. The zero-order valence-electron chi connectivity index (χ0n) is 17.3. The number of benzene rings is 2. The van der Waals surface area contributed by atoms with E-state index in [1.165, 1.54) is 4.90 Å². The first kappa shape index (κ1) is 20.9. The Morgan fingerprint density at radius 1 is 1.10 bits per heavy atom. The number of hydrogen-bond donors (Lipinski definition) is 1. The summed E-state index contributed by atoms with van der Waals surface area (Å²) in [6.07, 6.45) is 2.63. The second-order valence-electron chi connectivity index (χ2n) is 6.79.